The van der Waals surface area contributed by atoms with Crippen LogP contribution in [-0.2, 0) is 11.2 Å². The molecule has 1 atom stereocenters. The van der Waals surface area contributed by atoms with Crippen LogP contribution < -0.4 is 0 Å². The van der Waals surface area contributed by atoms with Gasteiger partial charge in [-0.1, -0.05) is 30.3 Å². The lowest BCUT2D eigenvalue weighted by molar-refractivity contribution is 0.0728. The van der Waals surface area contributed by atoms with E-state index in [1.54, 1.807) is 0 Å². The maximum atomic E-state index is 5.68. The molecule has 1 aliphatic rings. The molecule has 1 heterocycles. The van der Waals surface area contributed by atoms with Gasteiger partial charge in [-0.3, -0.25) is 0 Å². The standard InChI is InChI=1S/C13H18OS/c1-2-6-12(7-3-1)9-11-15-13-8-4-5-10-14-13/h1-3,6-7,13H,4-5,8-11H2. The minimum atomic E-state index is 0.461. The average Bonchev–Trinajstić information content (AvgIpc) is 2.32. The summed E-state index contributed by atoms with van der Waals surface area (Å²) in [5.74, 6) is 1.18. The first-order chi connectivity index (χ1) is 7.45. The third-order valence-corrected chi connectivity index (χ3v) is 3.86. The molecule has 1 saturated heterocycles. The fourth-order valence-corrected chi connectivity index (χ4v) is 2.94. The van der Waals surface area contributed by atoms with Crippen LogP contribution in [0.5, 0.6) is 0 Å². The molecule has 1 nitrogen and oxygen atoms in total. The Kier molecular flexibility index (Phi) is 4.55. The highest BCUT2D eigenvalue weighted by molar-refractivity contribution is 7.99. The molecule has 1 unspecified atom stereocenters. The minimum Gasteiger partial charge on any atom is -0.368 e. The van der Waals surface area contributed by atoms with Gasteiger partial charge in [0.1, 0.15) is 5.44 Å². The van der Waals surface area contributed by atoms with Gasteiger partial charge in [0.05, 0.1) is 0 Å². The van der Waals surface area contributed by atoms with Crippen LogP contribution in [0.3, 0.4) is 0 Å². The van der Waals surface area contributed by atoms with Gasteiger partial charge >= 0.3 is 0 Å². The van der Waals surface area contributed by atoms with Crippen molar-refractivity contribution in [3.05, 3.63) is 35.9 Å². The van der Waals surface area contributed by atoms with Crippen molar-refractivity contribution in [3.8, 4) is 0 Å². The van der Waals surface area contributed by atoms with Crippen LogP contribution in [0.1, 0.15) is 24.8 Å². The van der Waals surface area contributed by atoms with Gasteiger partial charge in [0.2, 0.25) is 0 Å². The molecule has 82 valence electrons. The highest BCUT2D eigenvalue weighted by atomic mass is 32.2. The van der Waals surface area contributed by atoms with E-state index in [1.807, 2.05) is 11.8 Å². The summed E-state index contributed by atoms with van der Waals surface area (Å²) in [4.78, 5) is 0. The molecule has 0 N–H and O–H groups in total. The van der Waals surface area contributed by atoms with Crippen LogP contribution in [0.25, 0.3) is 0 Å². The molecule has 1 aromatic rings. The number of aryl methyl sites for hydroxylation is 1. The molecule has 1 aromatic carbocycles. The van der Waals surface area contributed by atoms with Crippen molar-refractivity contribution >= 4 is 11.8 Å². The van der Waals surface area contributed by atoms with Gasteiger partial charge in [-0.15, -0.1) is 11.8 Å². The summed E-state index contributed by atoms with van der Waals surface area (Å²) in [6.45, 7) is 0.961. The lowest BCUT2D eigenvalue weighted by Gasteiger charge is -2.21. The summed E-state index contributed by atoms with van der Waals surface area (Å²) in [5.41, 5.74) is 1.89. The third-order valence-electron chi connectivity index (χ3n) is 2.68. The summed E-state index contributed by atoms with van der Waals surface area (Å²) in [6.07, 6.45) is 4.98. The van der Waals surface area contributed by atoms with E-state index in [9.17, 15) is 0 Å². The fraction of sp³-hybridized carbons (Fsp3) is 0.538. The van der Waals surface area contributed by atoms with Crippen LogP contribution in [0.15, 0.2) is 30.3 Å². The van der Waals surface area contributed by atoms with E-state index in [2.05, 4.69) is 30.3 Å². The van der Waals surface area contributed by atoms with Crippen LogP contribution in [0, 0.1) is 0 Å². The Morgan fingerprint density at radius 1 is 1.20 bits per heavy atom. The van der Waals surface area contributed by atoms with Crippen LogP contribution in [0.4, 0.5) is 0 Å². The van der Waals surface area contributed by atoms with Crippen molar-refractivity contribution in [3.63, 3.8) is 0 Å². The summed E-state index contributed by atoms with van der Waals surface area (Å²) in [5, 5.41) is 0. The second-order valence-corrected chi connectivity index (χ2v) is 5.17. The number of rotatable bonds is 4. The number of benzene rings is 1. The van der Waals surface area contributed by atoms with Gasteiger partial charge in [-0.25, -0.2) is 0 Å². The molecule has 0 aromatic heterocycles. The van der Waals surface area contributed by atoms with Gasteiger partial charge in [0, 0.05) is 6.61 Å². The molecule has 1 aliphatic heterocycles. The summed E-state index contributed by atoms with van der Waals surface area (Å²) < 4.78 is 5.68. The fourth-order valence-electron chi connectivity index (χ4n) is 1.80. The summed E-state index contributed by atoms with van der Waals surface area (Å²) >= 11 is 1.97. The van der Waals surface area contributed by atoms with Crippen molar-refractivity contribution in [2.45, 2.75) is 31.1 Å². The number of hydrogen-bond acceptors (Lipinski definition) is 2. The van der Waals surface area contributed by atoms with Crippen molar-refractivity contribution in [2.75, 3.05) is 12.4 Å². The molecule has 1 fully saturated rings. The van der Waals surface area contributed by atoms with Crippen molar-refractivity contribution < 1.29 is 4.74 Å². The molecule has 0 amide bonds. The zero-order chi connectivity index (χ0) is 10.3. The Labute approximate surface area is 96.2 Å². The molecular weight excluding hydrogens is 204 g/mol. The lowest BCUT2D eigenvalue weighted by atomic mass is 10.2. The highest BCUT2D eigenvalue weighted by Gasteiger charge is 2.13. The van der Waals surface area contributed by atoms with Crippen LogP contribution >= 0.6 is 11.8 Å². The quantitative estimate of drug-likeness (QED) is 0.771. The summed E-state index contributed by atoms with van der Waals surface area (Å²) in [6, 6.07) is 10.7. The number of thioether (sulfide) groups is 1. The molecule has 0 radical (unpaired) electrons. The Hall–Kier alpha value is -0.470. The first-order valence-electron chi connectivity index (χ1n) is 5.72. The SMILES string of the molecule is c1ccc(CCSC2CCCCO2)cc1. The Morgan fingerprint density at radius 3 is 2.80 bits per heavy atom. The zero-order valence-electron chi connectivity index (χ0n) is 9.02. The molecule has 0 saturated carbocycles. The molecule has 0 spiro atoms. The Bertz CT molecular complexity index is 267. The minimum absolute atomic E-state index is 0.461. The Balaban J connectivity index is 1.66. The van der Waals surface area contributed by atoms with E-state index in [4.69, 9.17) is 4.74 Å². The third kappa shape index (κ3) is 3.88. The number of ether oxygens (including phenoxy) is 1. The predicted octanol–water partition coefficient (Wildman–Crippen LogP) is 3.49. The monoisotopic (exact) mass is 222 g/mol. The second kappa shape index (κ2) is 6.19. The molecule has 15 heavy (non-hydrogen) atoms. The predicted molar refractivity (Wildman–Crippen MR) is 66.2 cm³/mol. The maximum absolute atomic E-state index is 5.68. The van der Waals surface area contributed by atoms with Crippen molar-refractivity contribution in [2.24, 2.45) is 0 Å². The van der Waals surface area contributed by atoms with E-state index in [1.165, 1.54) is 30.6 Å². The smallest absolute Gasteiger partial charge is 0.103 e. The van der Waals surface area contributed by atoms with E-state index in [0.717, 1.165) is 13.0 Å². The first-order valence-corrected chi connectivity index (χ1v) is 6.77. The molecule has 2 heteroatoms. The van der Waals surface area contributed by atoms with Gasteiger partial charge in [-0.2, -0.15) is 0 Å². The lowest BCUT2D eigenvalue weighted by Crippen LogP contribution is -2.16. The van der Waals surface area contributed by atoms with Gasteiger partial charge in [0.15, 0.2) is 0 Å². The van der Waals surface area contributed by atoms with Crippen LogP contribution in [0.2, 0.25) is 0 Å². The first kappa shape index (κ1) is 11.0. The molecule has 0 bridgehead atoms. The average molecular weight is 222 g/mol. The van der Waals surface area contributed by atoms with Gasteiger partial charge < -0.3 is 4.74 Å². The topological polar surface area (TPSA) is 9.23 Å². The normalized spacial score (nSPS) is 21.5. The largest absolute Gasteiger partial charge is 0.368 e. The zero-order valence-corrected chi connectivity index (χ0v) is 9.84. The van der Waals surface area contributed by atoms with E-state index in [-0.39, 0.29) is 0 Å². The maximum Gasteiger partial charge on any atom is 0.103 e. The van der Waals surface area contributed by atoms with Gasteiger partial charge in [0.25, 0.3) is 0 Å². The van der Waals surface area contributed by atoms with Gasteiger partial charge in [-0.05, 0) is 37.0 Å². The number of hydrogen-bond donors (Lipinski definition) is 0. The Morgan fingerprint density at radius 2 is 2.07 bits per heavy atom. The van der Waals surface area contributed by atoms with E-state index in [0.29, 0.717) is 5.44 Å². The molecule has 0 aliphatic carbocycles. The highest BCUT2D eigenvalue weighted by Crippen LogP contribution is 2.23. The van der Waals surface area contributed by atoms with E-state index >= 15 is 0 Å². The summed E-state index contributed by atoms with van der Waals surface area (Å²) in [7, 11) is 0. The van der Waals surface area contributed by atoms with Crippen LogP contribution in [-0.4, -0.2) is 17.8 Å². The van der Waals surface area contributed by atoms with Crippen molar-refractivity contribution in [1.82, 2.24) is 0 Å². The molecule has 2 rings (SSSR count). The second-order valence-electron chi connectivity index (χ2n) is 3.90. The van der Waals surface area contributed by atoms with E-state index < -0.39 is 0 Å². The molecular formula is C13H18OS. The van der Waals surface area contributed by atoms with Crippen molar-refractivity contribution in [1.29, 1.82) is 0 Å².